The third-order valence-corrected chi connectivity index (χ3v) is 4.10. The van der Waals surface area contributed by atoms with E-state index < -0.39 is 17.4 Å². The number of hydrogen-bond donors (Lipinski definition) is 1. The van der Waals surface area contributed by atoms with Gasteiger partial charge in [-0.25, -0.2) is 4.79 Å². The topological polar surface area (TPSA) is 63.6 Å². The monoisotopic (exact) mass is 374 g/mol. The van der Waals surface area contributed by atoms with Gasteiger partial charge >= 0.3 is 5.97 Å². The number of rotatable bonds is 4. The van der Waals surface area contributed by atoms with Crippen molar-refractivity contribution in [3.8, 4) is 5.75 Å². The molecule has 4 nitrogen and oxygen atoms in total. The van der Waals surface area contributed by atoms with Gasteiger partial charge in [0.05, 0.1) is 5.56 Å². The third-order valence-electron chi connectivity index (χ3n) is 4.10. The van der Waals surface area contributed by atoms with Crippen LogP contribution in [0, 0.1) is 0 Å². The Morgan fingerprint density at radius 3 is 2.21 bits per heavy atom. The van der Waals surface area contributed by atoms with Crippen LogP contribution in [0.15, 0.2) is 72.3 Å². The molecule has 0 saturated carbocycles. The van der Waals surface area contributed by atoms with Gasteiger partial charge in [0, 0.05) is 0 Å². The third kappa shape index (κ3) is 4.46. The maximum atomic E-state index is 13.0. The van der Waals surface area contributed by atoms with Crippen LogP contribution in [0.5, 0.6) is 5.75 Å². The van der Waals surface area contributed by atoms with E-state index >= 15 is 0 Å². The van der Waals surface area contributed by atoms with E-state index in [1.165, 1.54) is 18.2 Å². The lowest BCUT2D eigenvalue weighted by molar-refractivity contribution is -0.149. The molecule has 0 spiro atoms. The van der Waals surface area contributed by atoms with E-state index in [4.69, 9.17) is 4.74 Å². The summed E-state index contributed by atoms with van der Waals surface area (Å²) in [6, 6.07) is 19.6. The predicted octanol–water partition coefficient (Wildman–Crippen LogP) is 5.15. The van der Waals surface area contributed by atoms with Crippen LogP contribution in [-0.4, -0.2) is 22.5 Å². The first-order chi connectivity index (χ1) is 13.2. The van der Waals surface area contributed by atoms with Gasteiger partial charge < -0.3 is 9.84 Å². The summed E-state index contributed by atoms with van der Waals surface area (Å²) >= 11 is 0. The molecule has 0 atom stereocenters. The van der Waals surface area contributed by atoms with Crippen molar-refractivity contribution in [2.24, 2.45) is 0 Å². The zero-order valence-corrected chi connectivity index (χ0v) is 16.1. The second kappa shape index (κ2) is 7.69. The highest BCUT2D eigenvalue weighted by Gasteiger charge is 2.27. The Kier molecular flexibility index (Phi) is 5.32. The standard InChI is InChI=1S/C24H22O4/c1-24(2,3)28-23(27)20(22(26)19-10-6-7-11-21(19)25)15-16-12-13-17-8-4-5-9-18(17)14-16/h4-15,25H,1-3H3/b20-15-. The summed E-state index contributed by atoms with van der Waals surface area (Å²) in [6.45, 7) is 5.22. The molecule has 0 saturated heterocycles. The summed E-state index contributed by atoms with van der Waals surface area (Å²) in [4.78, 5) is 25.8. The number of fused-ring (bicyclic) bond motifs is 1. The summed E-state index contributed by atoms with van der Waals surface area (Å²) in [5.41, 5.74) is -0.131. The number of phenols is 1. The Bertz CT molecular complexity index is 1070. The minimum Gasteiger partial charge on any atom is -0.507 e. The SMILES string of the molecule is CC(C)(C)OC(=O)/C(=C\c1ccc2ccccc2c1)C(=O)c1ccccc1O. The summed E-state index contributed by atoms with van der Waals surface area (Å²) in [6.07, 6.45) is 1.51. The Balaban J connectivity index is 2.08. The molecule has 0 unspecified atom stereocenters. The number of benzene rings is 3. The normalized spacial score (nSPS) is 12.0. The molecule has 0 aliphatic heterocycles. The first-order valence-electron chi connectivity index (χ1n) is 9.01. The number of ketones is 1. The van der Waals surface area contributed by atoms with Crippen LogP contribution in [0.4, 0.5) is 0 Å². The van der Waals surface area contributed by atoms with Gasteiger partial charge in [-0.2, -0.15) is 0 Å². The largest absolute Gasteiger partial charge is 0.507 e. The molecule has 3 rings (SSSR count). The van der Waals surface area contributed by atoms with Gasteiger partial charge in [-0.05, 0) is 61.4 Å². The molecule has 142 valence electrons. The number of carbonyl (C=O) groups excluding carboxylic acids is 2. The maximum Gasteiger partial charge on any atom is 0.342 e. The lowest BCUT2D eigenvalue weighted by Crippen LogP contribution is -2.27. The maximum absolute atomic E-state index is 13.0. The quantitative estimate of drug-likeness (QED) is 0.225. The Labute approximate surface area is 164 Å². The molecular weight excluding hydrogens is 352 g/mol. The highest BCUT2D eigenvalue weighted by molar-refractivity contribution is 6.27. The van der Waals surface area contributed by atoms with E-state index in [1.54, 1.807) is 32.9 Å². The highest BCUT2D eigenvalue weighted by atomic mass is 16.6. The number of carbonyl (C=O) groups is 2. The van der Waals surface area contributed by atoms with Gasteiger partial charge in [0.15, 0.2) is 0 Å². The van der Waals surface area contributed by atoms with E-state index in [0.29, 0.717) is 5.56 Å². The predicted molar refractivity (Wildman–Crippen MR) is 110 cm³/mol. The van der Waals surface area contributed by atoms with Gasteiger partial charge in [-0.3, -0.25) is 4.79 Å². The fourth-order valence-electron chi connectivity index (χ4n) is 2.83. The number of ether oxygens (including phenoxy) is 1. The van der Waals surface area contributed by atoms with E-state index in [2.05, 4.69) is 0 Å². The zero-order valence-electron chi connectivity index (χ0n) is 16.1. The Morgan fingerprint density at radius 1 is 0.893 bits per heavy atom. The number of para-hydroxylation sites is 1. The van der Waals surface area contributed by atoms with Crippen molar-refractivity contribution in [1.82, 2.24) is 0 Å². The first kappa shape index (κ1) is 19.4. The van der Waals surface area contributed by atoms with Crippen LogP contribution in [0.25, 0.3) is 16.8 Å². The molecule has 0 fully saturated rings. The number of hydrogen-bond acceptors (Lipinski definition) is 4. The second-order valence-corrected chi connectivity index (χ2v) is 7.51. The molecule has 0 aliphatic carbocycles. The molecule has 1 N–H and O–H groups in total. The van der Waals surface area contributed by atoms with Crippen LogP contribution in [0.3, 0.4) is 0 Å². The van der Waals surface area contributed by atoms with Crippen molar-refractivity contribution in [2.75, 3.05) is 0 Å². The van der Waals surface area contributed by atoms with E-state index in [9.17, 15) is 14.7 Å². The molecule has 0 aromatic heterocycles. The minimum absolute atomic E-state index is 0.0559. The smallest absolute Gasteiger partial charge is 0.342 e. The van der Waals surface area contributed by atoms with E-state index in [1.807, 2.05) is 42.5 Å². The van der Waals surface area contributed by atoms with Crippen molar-refractivity contribution >= 4 is 28.6 Å². The average molecular weight is 374 g/mol. The number of esters is 1. The zero-order chi connectivity index (χ0) is 20.3. The summed E-state index contributed by atoms with van der Waals surface area (Å²) in [5, 5.41) is 12.1. The molecule has 0 bridgehead atoms. The fraction of sp³-hybridized carbons (Fsp3) is 0.167. The molecule has 28 heavy (non-hydrogen) atoms. The van der Waals surface area contributed by atoms with E-state index in [-0.39, 0.29) is 16.9 Å². The minimum atomic E-state index is -0.751. The van der Waals surface area contributed by atoms with Crippen LogP contribution in [-0.2, 0) is 9.53 Å². The van der Waals surface area contributed by atoms with Crippen LogP contribution in [0.1, 0.15) is 36.7 Å². The van der Waals surface area contributed by atoms with Crippen molar-refractivity contribution in [2.45, 2.75) is 26.4 Å². The van der Waals surface area contributed by atoms with Gasteiger partial charge in [-0.15, -0.1) is 0 Å². The van der Waals surface area contributed by atoms with Gasteiger partial charge in [0.2, 0.25) is 5.78 Å². The van der Waals surface area contributed by atoms with Crippen LogP contribution >= 0.6 is 0 Å². The molecule has 0 aliphatic rings. The van der Waals surface area contributed by atoms with Crippen LogP contribution in [0.2, 0.25) is 0 Å². The number of aromatic hydroxyl groups is 1. The van der Waals surface area contributed by atoms with Gasteiger partial charge in [-0.1, -0.05) is 48.5 Å². The molecular formula is C24H22O4. The van der Waals surface area contributed by atoms with Crippen molar-refractivity contribution < 1.29 is 19.4 Å². The van der Waals surface area contributed by atoms with Crippen molar-refractivity contribution in [1.29, 1.82) is 0 Å². The number of phenolic OH excluding ortho intramolecular Hbond substituents is 1. The molecule has 4 heteroatoms. The van der Waals surface area contributed by atoms with Crippen molar-refractivity contribution in [3.05, 3.63) is 83.4 Å². The molecule has 0 heterocycles. The highest BCUT2D eigenvalue weighted by Crippen LogP contribution is 2.24. The number of Topliss-reactive ketones (excluding diaryl/α,β-unsaturated/α-hetero) is 1. The lowest BCUT2D eigenvalue weighted by Gasteiger charge is -2.20. The molecule has 3 aromatic rings. The van der Waals surface area contributed by atoms with Crippen molar-refractivity contribution in [3.63, 3.8) is 0 Å². The van der Waals surface area contributed by atoms with Crippen LogP contribution < -0.4 is 0 Å². The molecule has 3 aromatic carbocycles. The fourth-order valence-corrected chi connectivity index (χ4v) is 2.83. The Morgan fingerprint density at radius 2 is 1.54 bits per heavy atom. The second-order valence-electron chi connectivity index (χ2n) is 7.51. The average Bonchev–Trinajstić information content (AvgIpc) is 2.64. The lowest BCUT2D eigenvalue weighted by atomic mass is 9.98. The first-order valence-corrected chi connectivity index (χ1v) is 9.01. The molecule has 0 amide bonds. The van der Waals surface area contributed by atoms with Gasteiger partial charge in [0.1, 0.15) is 16.9 Å². The van der Waals surface area contributed by atoms with Gasteiger partial charge in [0.25, 0.3) is 0 Å². The summed E-state index contributed by atoms with van der Waals surface area (Å²) < 4.78 is 5.43. The summed E-state index contributed by atoms with van der Waals surface area (Å²) in [7, 11) is 0. The summed E-state index contributed by atoms with van der Waals surface area (Å²) in [5.74, 6) is -1.49. The Hall–Kier alpha value is -3.40. The molecule has 0 radical (unpaired) electrons. The van der Waals surface area contributed by atoms with E-state index in [0.717, 1.165) is 10.8 Å².